The highest BCUT2D eigenvalue weighted by atomic mass is 35.5. The summed E-state index contributed by atoms with van der Waals surface area (Å²) in [5.74, 6) is 0.583. The van der Waals surface area contributed by atoms with Crippen LogP contribution in [-0.4, -0.2) is 23.8 Å². The van der Waals surface area contributed by atoms with Crippen LogP contribution in [0.5, 0.6) is 0 Å². The van der Waals surface area contributed by atoms with Crippen molar-refractivity contribution in [3.63, 3.8) is 0 Å². The molecule has 0 spiro atoms. The van der Waals surface area contributed by atoms with E-state index in [0.29, 0.717) is 18.5 Å². The van der Waals surface area contributed by atoms with Gasteiger partial charge in [-0.25, -0.2) is 0 Å². The molecule has 3 heteroatoms. The third kappa shape index (κ3) is 3.47. The van der Waals surface area contributed by atoms with Gasteiger partial charge in [0.05, 0.1) is 6.10 Å². The van der Waals surface area contributed by atoms with E-state index in [-0.39, 0.29) is 6.10 Å². The molecule has 0 heterocycles. The lowest BCUT2D eigenvalue weighted by Gasteiger charge is -2.37. The Morgan fingerprint density at radius 2 is 2.11 bits per heavy atom. The SMILES string of the molecule is CCCC(O)CNC1CC(c2ccccc2Cl)C1. The molecule has 2 nitrogen and oxygen atoms in total. The topological polar surface area (TPSA) is 32.3 Å². The molecule has 1 saturated carbocycles. The Kier molecular flexibility index (Phi) is 5.04. The molecular formula is C15H22ClNO. The summed E-state index contributed by atoms with van der Waals surface area (Å²) in [5.41, 5.74) is 1.27. The molecule has 2 rings (SSSR count). The Hall–Kier alpha value is -0.570. The van der Waals surface area contributed by atoms with E-state index in [9.17, 15) is 5.11 Å². The Balaban J connectivity index is 1.73. The fraction of sp³-hybridized carbons (Fsp3) is 0.600. The first-order valence-electron chi connectivity index (χ1n) is 6.86. The lowest BCUT2D eigenvalue weighted by Crippen LogP contribution is -2.43. The van der Waals surface area contributed by atoms with Crippen molar-refractivity contribution in [1.82, 2.24) is 5.32 Å². The third-order valence-electron chi connectivity index (χ3n) is 3.75. The monoisotopic (exact) mass is 267 g/mol. The number of hydrogen-bond donors (Lipinski definition) is 2. The largest absolute Gasteiger partial charge is 0.392 e. The number of nitrogens with one attached hydrogen (secondary N) is 1. The first-order valence-corrected chi connectivity index (χ1v) is 7.24. The summed E-state index contributed by atoms with van der Waals surface area (Å²) in [4.78, 5) is 0. The second kappa shape index (κ2) is 6.55. The highest BCUT2D eigenvalue weighted by Gasteiger charge is 2.31. The van der Waals surface area contributed by atoms with Crippen LogP contribution in [0.3, 0.4) is 0 Å². The van der Waals surface area contributed by atoms with Crippen molar-refractivity contribution >= 4 is 11.6 Å². The molecule has 0 radical (unpaired) electrons. The summed E-state index contributed by atoms with van der Waals surface area (Å²) in [6.45, 7) is 2.81. The van der Waals surface area contributed by atoms with Gasteiger partial charge in [0.25, 0.3) is 0 Å². The van der Waals surface area contributed by atoms with E-state index in [1.807, 2.05) is 18.2 Å². The molecule has 0 amide bonds. The van der Waals surface area contributed by atoms with E-state index < -0.39 is 0 Å². The molecule has 2 N–H and O–H groups in total. The molecular weight excluding hydrogens is 246 g/mol. The highest BCUT2D eigenvalue weighted by Crippen LogP contribution is 2.39. The molecule has 1 fully saturated rings. The normalized spacial score (nSPS) is 24.6. The number of benzene rings is 1. The Labute approximate surface area is 114 Å². The standard InChI is InChI=1S/C15H22ClNO/c1-2-5-13(18)10-17-12-8-11(9-12)14-6-3-4-7-15(14)16/h3-4,6-7,11-13,17-18H,2,5,8-10H2,1H3. The van der Waals surface area contributed by atoms with Crippen molar-refractivity contribution in [2.75, 3.05) is 6.54 Å². The molecule has 1 aliphatic rings. The van der Waals surface area contributed by atoms with Gasteiger partial charge >= 0.3 is 0 Å². The fourth-order valence-electron chi connectivity index (χ4n) is 2.58. The zero-order chi connectivity index (χ0) is 13.0. The molecule has 1 aromatic rings. The van der Waals surface area contributed by atoms with Gasteiger partial charge in [-0.1, -0.05) is 43.1 Å². The van der Waals surface area contributed by atoms with Crippen LogP contribution in [0, 0.1) is 0 Å². The van der Waals surface area contributed by atoms with E-state index in [4.69, 9.17) is 11.6 Å². The summed E-state index contributed by atoms with van der Waals surface area (Å²) in [6, 6.07) is 8.64. The van der Waals surface area contributed by atoms with Gasteiger partial charge in [0.1, 0.15) is 0 Å². The second-order valence-corrected chi connectivity index (χ2v) is 5.64. The number of aliphatic hydroxyl groups is 1. The van der Waals surface area contributed by atoms with E-state index in [2.05, 4.69) is 18.3 Å². The maximum absolute atomic E-state index is 9.66. The third-order valence-corrected chi connectivity index (χ3v) is 4.09. The second-order valence-electron chi connectivity index (χ2n) is 5.24. The van der Waals surface area contributed by atoms with Crippen molar-refractivity contribution in [2.45, 2.75) is 50.7 Å². The summed E-state index contributed by atoms with van der Waals surface area (Å²) >= 11 is 6.19. The van der Waals surface area contributed by atoms with Gasteiger partial charge in [-0.3, -0.25) is 0 Å². The van der Waals surface area contributed by atoms with E-state index in [1.54, 1.807) is 0 Å². The molecule has 18 heavy (non-hydrogen) atoms. The predicted octanol–water partition coefficient (Wildman–Crippen LogP) is 3.34. The van der Waals surface area contributed by atoms with Crippen molar-refractivity contribution < 1.29 is 5.11 Å². The van der Waals surface area contributed by atoms with Crippen molar-refractivity contribution in [3.05, 3.63) is 34.9 Å². The van der Waals surface area contributed by atoms with Gasteiger partial charge in [-0.05, 0) is 36.8 Å². The van der Waals surface area contributed by atoms with Crippen LogP contribution in [0.2, 0.25) is 5.02 Å². The number of rotatable bonds is 6. The maximum Gasteiger partial charge on any atom is 0.0664 e. The van der Waals surface area contributed by atoms with Gasteiger partial charge in [-0.2, -0.15) is 0 Å². The number of halogens is 1. The van der Waals surface area contributed by atoms with Gasteiger partial charge in [-0.15, -0.1) is 0 Å². The van der Waals surface area contributed by atoms with Gasteiger partial charge in [0.2, 0.25) is 0 Å². The van der Waals surface area contributed by atoms with E-state index >= 15 is 0 Å². The minimum atomic E-state index is -0.200. The van der Waals surface area contributed by atoms with E-state index in [0.717, 1.165) is 30.7 Å². The lowest BCUT2D eigenvalue weighted by atomic mass is 9.76. The minimum Gasteiger partial charge on any atom is -0.392 e. The number of aliphatic hydroxyl groups excluding tert-OH is 1. The minimum absolute atomic E-state index is 0.200. The highest BCUT2D eigenvalue weighted by molar-refractivity contribution is 6.31. The van der Waals surface area contributed by atoms with Crippen molar-refractivity contribution in [1.29, 1.82) is 0 Å². The summed E-state index contributed by atoms with van der Waals surface area (Å²) < 4.78 is 0. The summed E-state index contributed by atoms with van der Waals surface area (Å²) in [5, 5.41) is 14.0. The average Bonchev–Trinajstić information content (AvgIpc) is 2.29. The van der Waals surface area contributed by atoms with Crippen LogP contribution in [0.4, 0.5) is 0 Å². The molecule has 1 aliphatic carbocycles. The molecule has 0 aromatic heterocycles. The van der Waals surface area contributed by atoms with Crippen LogP contribution >= 0.6 is 11.6 Å². The summed E-state index contributed by atoms with van der Waals surface area (Å²) in [7, 11) is 0. The Morgan fingerprint density at radius 1 is 1.39 bits per heavy atom. The van der Waals surface area contributed by atoms with Crippen LogP contribution in [0.25, 0.3) is 0 Å². The average molecular weight is 268 g/mol. The zero-order valence-electron chi connectivity index (χ0n) is 10.9. The van der Waals surface area contributed by atoms with E-state index in [1.165, 1.54) is 5.56 Å². The zero-order valence-corrected chi connectivity index (χ0v) is 11.7. The molecule has 1 aromatic carbocycles. The van der Waals surface area contributed by atoms with Gasteiger partial charge < -0.3 is 10.4 Å². The van der Waals surface area contributed by atoms with Crippen molar-refractivity contribution in [3.8, 4) is 0 Å². The lowest BCUT2D eigenvalue weighted by molar-refractivity contribution is 0.145. The first kappa shape index (κ1) is 13.9. The molecule has 1 unspecified atom stereocenters. The van der Waals surface area contributed by atoms with Crippen LogP contribution in [0.1, 0.15) is 44.1 Å². The maximum atomic E-state index is 9.66. The van der Waals surface area contributed by atoms with Gasteiger partial charge in [0, 0.05) is 17.6 Å². The molecule has 100 valence electrons. The van der Waals surface area contributed by atoms with Crippen molar-refractivity contribution in [2.24, 2.45) is 0 Å². The number of hydrogen-bond acceptors (Lipinski definition) is 2. The predicted molar refractivity (Wildman–Crippen MR) is 76.1 cm³/mol. The molecule has 0 saturated heterocycles. The first-order chi connectivity index (χ1) is 8.70. The fourth-order valence-corrected chi connectivity index (χ4v) is 2.87. The molecule has 1 atom stereocenters. The van der Waals surface area contributed by atoms with Crippen LogP contribution in [-0.2, 0) is 0 Å². The molecule has 0 bridgehead atoms. The smallest absolute Gasteiger partial charge is 0.0664 e. The summed E-state index contributed by atoms with van der Waals surface area (Å²) in [6.07, 6.45) is 3.98. The Bertz CT molecular complexity index is 377. The van der Waals surface area contributed by atoms with Crippen LogP contribution in [0.15, 0.2) is 24.3 Å². The van der Waals surface area contributed by atoms with Gasteiger partial charge in [0.15, 0.2) is 0 Å². The molecule has 0 aliphatic heterocycles. The van der Waals surface area contributed by atoms with Crippen LogP contribution < -0.4 is 5.32 Å². The quantitative estimate of drug-likeness (QED) is 0.829. The Morgan fingerprint density at radius 3 is 2.78 bits per heavy atom.